The molecule has 1 rings (SSSR count). The van der Waals surface area contributed by atoms with Crippen molar-refractivity contribution < 1.29 is 37.9 Å². The summed E-state index contributed by atoms with van der Waals surface area (Å²) in [6.45, 7) is 10.7. The molecule has 9 heteroatoms. The Balaban J connectivity index is 1.65. The standard InChI is InChI=1S/C26H47NO8/c1-2-3-4-5-10-28-11-12-29-13-14-30-15-16-31-17-18-32-19-20-33-21-22-34-23-24-35-26-8-6-25(27)7-9-26/h6-9H,2-5,10-24,27H2,1H3. The van der Waals surface area contributed by atoms with Gasteiger partial charge in [-0.1, -0.05) is 26.2 Å². The first-order chi connectivity index (χ1) is 17.3. The number of unbranched alkanes of at least 4 members (excludes halogenated alkanes) is 3. The largest absolute Gasteiger partial charge is 0.491 e. The average Bonchev–Trinajstić information content (AvgIpc) is 2.87. The summed E-state index contributed by atoms with van der Waals surface area (Å²) in [6, 6.07) is 7.28. The van der Waals surface area contributed by atoms with E-state index in [1.54, 1.807) is 12.1 Å². The van der Waals surface area contributed by atoms with Crippen LogP contribution in [0.25, 0.3) is 0 Å². The fourth-order valence-corrected chi connectivity index (χ4v) is 2.83. The van der Waals surface area contributed by atoms with Gasteiger partial charge in [0.2, 0.25) is 0 Å². The molecule has 0 saturated heterocycles. The Labute approximate surface area is 211 Å². The van der Waals surface area contributed by atoms with E-state index in [0.717, 1.165) is 24.5 Å². The van der Waals surface area contributed by atoms with Crippen molar-refractivity contribution in [1.29, 1.82) is 0 Å². The third-order valence-corrected chi connectivity index (χ3v) is 4.75. The van der Waals surface area contributed by atoms with Crippen LogP contribution in [0, 0.1) is 0 Å². The molecule has 2 N–H and O–H groups in total. The molecule has 0 aliphatic carbocycles. The van der Waals surface area contributed by atoms with Gasteiger partial charge in [-0.15, -0.1) is 0 Å². The molecule has 0 bridgehead atoms. The first-order valence-electron chi connectivity index (χ1n) is 12.9. The molecule has 0 atom stereocenters. The zero-order valence-electron chi connectivity index (χ0n) is 21.6. The number of anilines is 1. The van der Waals surface area contributed by atoms with E-state index in [1.807, 2.05) is 12.1 Å². The van der Waals surface area contributed by atoms with Crippen molar-refractivity contribution in [3.8, 4) is 5.75 Å². The molecule has 0 aromatic heterocycles. The topological polar surface area (TPSA) is 99.9 Å². The second-order valence-corrected chi connectivity index (χ2v) is 7.76. The molecule has 204 valence electrons. The molecule has 1 aromatic carbocycles. The molecule has 35 heavy (non-hydrogen) atoms. The third-order valence-electron chi connectivity index (χ3n) is 4.75. The summed E-state index contributed by atoms with van der Waals surface area (Å²) in [5.41, 5.74) is 6.35. The molecular formula is C26H47NO8. The van der Waals surface area contributed by atoms with Gasteiger partial charge in [0.15, 0.2) is 0 Å². The van der Waals surface area contributed by atoms with Crippen LogP contribution in [-0.2, 0) is 33.2 Å². The van der Waals surface area contributed by atoms with E-state index < -0.39 is 0 Å². The van der Waals surface area contributed by atoms with E-state index in [-0.39, 0.29) is 0 Å². The summed E-state index contributed by atoms with van der Waals surface area (Å²) in [5.74, 6) is 0.780. The molecule has 0 aliphatic rings. The first-order valence-corrected chi connectivity index (χ1v) is 12.9. The number of rotatable bonds is 27. The normalized spacial score (nSPS) is 11.2. The SMILES string of the molecule is CCCCCCOCCOCCOCCOCCOCCOCCOCCOc1ccc(N)cc1. The quantitative estimate of drug-likeness (QED) is 0.144. The Kier molecular flexibility index (Phi) is 23.1. The summed E-state index contributed by atoms with van der Waals surface area (Å²) in [5, 5.41) is 0. The summed E-state index contributed by atoms with van der Waals surface area (Å²) >= 11 is 0. The van der Waals surface area contributed by atoms with Crippen molar-refractivity contribution in [2.24, 2.45) is 0 Å². The van der Waals surface area contributed by atoms with E-state index in [1.165, 1.54) is 19.3 Å². The minimum Gasteiger partial charge on any atom is -0.491 e. The summed E-state index contributed by atoms with van der Waals surface area (Å²) in [4.78, 5) is 0. The Morgan fingerprint density at radius 3 is 1.23 bits per heavy atom. The van der Waals surface area contributed by atoms with Gasteiger partial charge in [0.25, 0.3) is 0 Å². The van der Waals surface area contributed by atoms with Gasteiger partial charge in [-0.3, -0.25) is 0 Å². The summed E-state index contributed by atoms with van der Waals surface area (Å²) in [7, 11) is 0. The van der Waals surface area contributed by atoms with Crippen LogP contribution in [0.1, 0.15) is 32.6 Å². The second-order valence-electron chi connectivity index (χ2n) is 7.76. The summed E-state index contributed by atoms with van der Waals surface area (Å²) in [6.07, 6.45) is 4.91. The minimum atomic E-state index is 0.487. The smallest absolute Gasteiger partial charge is 0.119 e. The first kappa shape index (κ1) is 31.6. The van der Waals surface area contributed by atoms with Crippen LogP contribution in [0.15, 0.2) is 24.3 Å². The highest BCUT2D eigenvalue weighted by Gasteiger charge is 1.96. The third kappa shape index (κ3) is 22.7. The van der Waals surface area contributed by atoms with Crippen LogP contribution in [0.5, 0.6) is 5.75 Å². The van der Waals surface area contributed by atoms with Crippen LogP contribution in [0.2, 0.25) is 0 Å². The molecule has 0 aliphatic heterocycles. The maximum absolute atomic E-state index is 5.63. The van der Waals surface area contributed by atoms with Crippen LogP contribution in [0.4, 0.5) is 5.69 Å². The van der Waals surface area contributed by atoms with E-state index >= 15 is 0 Å². The van der Waals surface area contributed by atoms with Crippen molar-refractivity contribution in [3.63, 3.8) is 0 Å². The van der Waals surface area contributed by atoms with Gasteiger partial charge in [-0.05, 0) is 30.7 Å². The lowest BCUT2D eigenvalue weighted by molar-refractivity contribution is -0.0213. The fourth-order valence-electron chi connectivity index (χ4n) is 2.83. The summed E-state index contributed by atoms with van der Waals surface area (Å²) < 4.78 is 43.8. The fraction of sp³-hybridized carbons (Fsp3) is 0.769. The minimum absolute atomic E-state index is 0.487. The van der Waals surface area contributed by atoms with Crippen molar-refractivity contribution in [2.75, 3.05) is 105 Å². The zero-order chi connectivity index (χ0) is 25.1. The highest BCUT2D eigenvalue weighted by atomic mass is 16.6. The van der Waals surface area contributed by atoms with Crippen LogP contribution in [0.3, 0.4) is 0 Å². The molecule has 0 spiro atoms. The molecule has 0 saturated carbocycles. The monoisotopic (exact) mass is 501 g/mol. The maximum atomic E-state index is 5.63. The van der Waals surface area contributed by atoms with Gasteiger partial charge in [0, 0.05) is 12.3 Å². The van der Waals surface area contributed by atoms with Crippen molar-refractivity contribution in [1.82, 2.24) is 0 Å². The number of hydrogen-bond donors (Lipinski definition) is 1. The number of nitrogens with two attached hydrogens (primary N) is 1. The maximum Gasteiger partial charge on any atom is 0.119 e. The lowest BCUT2D eigenvalue weighted by Gasteiger charge is -2.09. The van der Waals surface area contributed by atoms with E-state index in [0.29, 0.717) is 92.5 Å². The number of hydrogen-bond acceptors (Lipinski definition) is 9. The zero-order valence-corrected chi connectivity index (χ0v) is 21.6. The van der Waals surface area contributed by atoms with Gasteiger partial charge in [-0.25, -0.2) is 0 Å². The van der Waals surface area contributed by atoms with Crippen molar-refractivity contribution >= 4 is 5.69 Å². The Morgan fingerprint density at radius 1 is 0.457 bits per heavy atom. The van der Waals surface area contributed by atoms with Crippen LogP contribution in [-0.4, -0.2) is 99.1 Å². The molecule has 1 aromatic rings. The Hall–Kier alpha value is -1.46. The molecule has 0 heterocycles. The van der Waals surface area contributed by atoms with E-state index in [2.05, 4.69) is 6.92 Å². The lowest BCUT2D eigenvalue weighted by atomic mass is 10.2. The number of nitrogen functional groups attached to an aromatic ring is 1. The van der Waals surface area contributed by atoms with E-state index in [4.69, 9.17) is 43.6 Å². The van der Waals surface area contributed by atoms with Gasteiger partial charge in [0.1, 0.15) is 12.4 Å². The van der Waals surface area contributed by atoms with Gasteiger partial charge in [0.05, 0.1) is 85.9 Å². The average molecular weight is 502 g/mol. The lowest BCUT2D eigenvalue weighted by Crippen LogP contribution is -2.15. The van der Waals surface area contributed by atoms with Gasteiger partial charge >= 0.3 is 0 Å². The Morgan fingerprint density at radius 2 is 0.829 bits per heavy atom. The predicted molar refractivity (Wildman–Crippen MR) is 136 cm³/mol. The van der Waals surface area contributed by atoms with Crippen molar-refractivity contribution in [2.45, 2.75) is 32.6 Å². The van der Waals surface area contributed by atoms with Gasteiger partial charge in [-0.2, -0.15) is 0 Å². The van der Waals surface area contributed by atoms with Crippen LogP contribution >= 0.6 is 0 Å². The molecular weight excluding hydrogens is 454 g/mol. The number of benzene rings is 1. The molecule has 9 nitrogen and oxygen atoms in total. The molecule has 0 fully saturated rings. The highest BCUT2D eigenvalue weighted by Crippen LogP contribution is 2.12. The highest BCUT2D eigenvalue weighted by molar-refractivity contribution is 5.41. The van der Waals surface area contributed by atoms with Crippen LogP contribution < -0.4 is 10.5 Å². The molecule has 0 amide bonds. The Bertz CT molecular complexity index is 547. The van der Waals surface area contributed by atoms with E-state index in [9.17, 15) is 0 Å². The predicted octanol–water partition coefficient (Wildman–Crippen LogP) is 3.34. The second kappa shape index (κ2) is 25.6. The van der Waals surface area contributed by atoms with Gasteiger partial charge < -0.3 is 43.6 Å². The molecule has 0 unspecified atom stereocenters. The molecule has 0 radical (unpaired) electrons. The number of ether oxygens (including phenoxy) is 8. The van der Waals surface area contributed by atoms with Crippen molar-refractivity contribution in [3.05, 3.63) is 24.3 Å².